The van der Waals surface area contributed by atoms with Crippen molar-refractivity contribution in [1.29, 1.82) is 0 Å². The van der Waals surface area contributed by atoms with E-state index in [4.69, 9.17) is 10.5 Å². The van der Waals surface area contributed by atoms with Crippen LogP contribution in [0.3, 0.4) is 0 Å². The monoisotopic (exact) mass is 253 g/mol. The lowest BCUT2D eigenvalue weighted by Gasteiger charge is -2.12. The molecule has 0 aromatic heterocycles. The highest BCUT2D eigenvalue weighted by molar-refractivity contribution is 7.99. The van der Waals surface area contributed by atoms with Crippen LogP contribution in [0.1, 0.15) is 33.6 Å². The van der Waals surface area contributed by atoms with E-state index in [1.807, 2.05) is 23.9 Å². The minimum absolute atomic E-state index is 0.727. The fourth-order valence-electron chi connectivity index (χ4n) is 1.39. The minimum Gasteiger partial charge on any atom is -0.491 e. The highest BCUT2D eigenvalue weighted by Crippen LogP contribution is 2.33. The third kappa shape index (κ3) is 4.90. The van der Waals surface area contributed by atoms with Crippen molar-refractivity contribution < 1.29 is 4.74 Å². The molecule has 2 N–H and O–H groups in total. The van der Waals surface area contributed by atoms with Gasteiger partial charge in [-0.3, -0.25) is 0 Å². The van der Waals surface area contributed by atoms with Crippen molar-refractivity contribution in [1.82, 2.24) is 0 Å². The van der Waals surface area contributed by atoms with Crippen LogP contribution in [-0.2, 0) is 0 Å². The molecule has 2 nitrogen and oxygen atoms in total. The molecule has 0 spiro atoms. The minimum atomic E-state index is 0.727. The van der Waals surface area contributed by atoms with E-state index in [1.165, 1.54) is 6.42 Å². The molecule has 1 aromatic carbocycles. The topological polar surface area (TPSA) is 35.2 Å². The first-order valence-electron chi connectivity index (χ1n) is 6.29. The van der Waals surface area contributed by atoms with E-state index in [1.54, 1.807) is 0 Å². The Bertz CT molecular complexity index is 339. The molecule has 3 heteroatoms. The highest BCUT2D eigenvalue weighted by atomic mass is 32.2. The average molecular weight is 253 g/mol. The maximum absolute atomic E-state index is 6.10. The number of hydrogen-bond acceptors (Lipinski definition) is 3. The quantitative estimate of drug-likeness (QED) is 0.584. The molecule has 0 amide bonds. The van der Waals surface area contributed by atoms with Gasteiger partial charge in [0, 0.05) is 4.90 Å². The van der Waals surface area contributed by atoms with Crippen LogP contribution >= 0.6 is 11.8 Å². The largest absolute Gasteiger partial charge is 0.491 e. The van der Waals surface area contributed by atoms with Gasteiger partial charge in [0.1, 0.15) is 5.75 Å². The summed E-state index contributed by atoms with van der Waals surface area (Å²) in [6.07, 6.45) is 2.22. The van der Waals surface area contributed by atoms with E-state index in [0.717, 1.165) is 41.0 Å². The van der Waals surface area contributed by atoms with Crippen LogP contribution in [0, 0.1) is 5.92 Å². The second-order valence-electron chi connectivity index (χ2n) is 4.55. The summed E-state index contributed by atoms with van der Waals surface area (Å²) in [7, 11) is 0. The van der Waals surface area contributed by atoms with Gasteiger partial charge in [-0.15, -0.1) is 11.8 Å². The number of hydrogen-bond donors (Lipinski definition) is 1. The first-order chi connectivity index (χ1) is 8.15. The van der Waals surface area contributed by atoms with E-state index in [0.29, 0.717) is 0 Å². The van der Waals surface area contributed by atoms with Crippen molar-refractivity contribution in [3.05, 3.63) is 18.2 Å². The molecule has 0 aliphatic rings. The number of anilines is 1. The van der Waals surface area contributed by atoms with E-state index >= 15 is 0 Å². The lowest BCUT2D eigenvalue weighted by atomic mass is 10.2. The van der Waals surface area contributed by atoms with Crippen molar-refractivity contribution >= 4 is 17.4 Å². The third-order valence-corrected chi connectivity index (χ3v) is 3.55. The number of ether oxygens (including phenoxy) is 1. The van der Waals surface area contributed by atoms with E-state index in [9.17, 15) is 0 Å². The number of benzene rings is 1. The molecule has 0 saturated carbocycles. The third-order valence-electron chi connectivity index (χ3n) is 2.44. The van der Waals surface area contributed by atoms with Crippen molar-refractivity contribution in [3.8, 4) is 5.75 Å². The summed E-state index contributed by atoms with van der Waals surface area (Å²) in [5.41, 5.74) is 6.88. The molecule has 1 aromatic rings. The van der Waals surface area contributed by atoms with Crippen LogP contribution < -0.4 is 10.5 Å². The van der Waals surface area contributed by atoms with Gasteiger partial charge >= 0.3 is 0 Å². The van der Waals surface area contributed by atoms with Crippen molar-refractivity contribution in [3.63, 3.8) is 0 Å². The van der Waals surface area contributed by atoms with Crippen LogP contribution in [0.4, 0.5) is 5.69 Å². The van der Waals surface area contributed by atoms with Gasteiger partial charge in [-0.2, -0.15) is 0 Å². The molecule has 0 fully saturated rings. The van der Waals surface area contributed by atoms with Crippen LogP contribution in [0.15, 0.2) is 23.1 Å². The molecular formula is C14H23NOS. The van der Waals surface area contributed by atoms with Crippen molar-refractivity contribution in [2.75, 3.05) is 18.1 Å². The van der Waals surface area contributed by atoms with Crippen molar-refractivity contribution in [2.24, 2.45) is 5.92 Å². The number of para-hydroxylation sites is 1. The van der Waals surface area contributed by atoms with Gasteiger partial charge in [0.25, 0.3) is 0 Å². The fraction of sp³-hybridized carbons (Fsp3) is 0.571. The average Bonchev–Trinajstić information content (AvgIpc) is 2.29. The van der Waals surface area contributed by atoms with E-state index in [-0.39, 0.29) is 0 Å². The Balaban J connectivity index is 2.59. The second-order valence-corrected chi connectivity index (χ2v) is 5.68. The molecule has 0 saturated heterocycles. The van der Waals surface area contributed by atoms with Gasteiger partial charge in [0.15, 0.2) is 0 Å². The van der Waals surface area contributed by atoms with Crippen LogP contribution in [-0.4, -0.2) is 12.4 Å². The molecule has 1 rings (SSSR count). The van der Waals surface area contributed by atoms with Gasteiger partial charge in [-0.05, 0) is 36.6 Å². The zero-order chi connectivity index (χ0) is 12.7. The zero-order valence-corrected chi connectivity index (χ0v) is 11.8. The summed E-state index contributed by atoms with van der Waals surface area (Å²) in [6.45, 7) is 7.30. The summed E-state index contributed by atoms with van der Waals surface area (Å²) in [5, 5.41) is 0. The summed E-state index contributed by atoms with van der Waals surface area (Å²) < 4.78 is 5.62. The van der Waals surface area contributed by atoms with Gasteiger partial charge in [-0.25, -0.2) is 0 Å². The molecule has 0 atom stereocenters. The van der Waals surface area contributed by atoms with Crippen LogP contribution in [0.5, 0.6) is 5.75 Å². The van der Waals surface area contributed by atoms with E-state index < -0.39 is 0 Å². The molecule has 96 valence electrons. The molecule has 0 bridgehead atoms. The summed E-state index contributed by atoms with van der Waals surface area (Å²) in [5.74, 6) is 2.67. The Kier molecular flexibility index (Phi) is 6.27. The standard InChI is InChI=1S/C14H23NOS/c1-4-9-16-12-6-5-7-13(14(12)15)17-10-8-11(2)3/h5-7,11H,4,8-10,15H2,1-3H3. The Morgan fingerprint density at radius 1 is 1.35 bits per heavy atom. The van der Waals surface area contributed by atoms with Gasteiger partial charge < -0.3 is 10.5 Å². The predicted molar refractivity (Wildman–Crippen MR) is 76.8 cm³/mol. The number of thioether (sulfide) groups is 1. The normalized spacial score (nSPS) is 10.8. The van der Waals surface area contributed by atoms with Crippen LogP contribution in [0.2, 0.25) is 0 Å². The van der Waals surface area contributed by atoms with Gasteiger partial charge in [0.2, 0.25) is 0 Å². The first-order valence-corrected chi connectivity index (χ1v) is 7.27. The Labute approximate surface area is 109 Å². The first kappa shape index (κ1) is 14.2. The molecular weight excluding hydrogens is 230 g/mol. The van der Waals surface area contributed by atoms with Crippen molar-refractivity contribution in [2.45, 2.75) is 38.5 Å². The SMILES string of the molecule is CCCOc1cccc(SCCC(C)C)c1N. The lowest BCUT2D eigenvalue weighted by molar-refractivity contribution is 0.318. The molecule has 0 radical (unpaired) electrons. The zero-order valence-electron chi connectivity index (χ0n) is 11.0. The summed E-state index contributed by atoms with van der Waals surface area (Å²) in [4.78, 5) is 1.14. The molecule has 17 heavy (non-hydrogen) atoms. The van der Waals surface area contributed by atoms with E-state index in [2.05, 4.69) is 26.8 Å². The number of rotatable bonds is 7. The number of nitrogen functional groups attached to an aromatic ring is 1. The molecule has 0 heterocycles. The fourth-order valence-corrected chi connectivity index (χ4v) is 2.63. The number of nitrogens with two attached hydrogens (primary N) is 1. The highest BCUT2D eigenvalue weighted by Gasteiger charge is 2.06. The second kappa shape index (κ2) is 7.49. The predicted octanol–water partition coefficient (Wildman–Crippen LogP) is 4.20. The lowest BCUT2D eigenvalue weighted by Crippen LogP contribution is -2.00. The maximum Gasteiger partial charge on any atom is 0.143 e. The summed E-state index contributed by atoms with van der Waals surface area (Å²) >= 11 is 1.82. The Morgan fingerprint density at radius 2 is 2.12 bits per heavy atom. The Morgan fingerprint density at radius 3 is 2.76 bits per heavy atom. The molecule has 0 aliphatic heterocycles. The van der Waals surface area contributed by atoms with Gasteiger partial charge in [-0.1, -0.05) is 26.8 Å². The molecule has 0 unspecified atom stereocenters. The smallest absolute Gasteiger partial charge is 0.143 e. The summed E-state index contributed by atoms with van der Waals surface area (Å²) in [6, 6.07) is 6.02. The van der Waals surface area contributed by atoms with Gasteiger partial charge in [0.05, 0.1) is 12.3 Å². The van der Waals surface area contributed by atoms with Crippen LogP contribution in [0.25, 0.3) is 0 Å². The molecule has 0 aliphatic carbocycles. The maximum atomic E-state index is 6.10. The Hall–Kier alpha value is -0.830.